The molecule has 0 aliphatic carbocycles. The molecule has 0 spiro atoms. The van der Waals surface area contributed by atoms with Crippen LogP contribution in [0.5, 0.6) is 0 Å². The molecule has 0 saturated heterocycles. The molecule has 0 saturated carbocycles. The monoisotopic (exact) mass is 634 g/mol. The lowest BCUT2D eigenvalue weighted by molar-refractivity contribution is -0.472. The van der Waals surface area contributed by atoms with Gasteiger partial charge in [0.25, 0.3) is 5.55 Å². The maximum Gasteiger partial charge on any atom is 0.460 e. The Morgan fingerprint density at radius 3 is 0.684 bits per heavy atom. The molecule has 0 aromatic rings. The van der Waals surface area contributed by atoms with Gasteiger partial charge in [0.05, 0.1) is 0 Å². The number of hydrogen-bond acceptors (Lipinski definition) is 0. The zero-order valence-corrected chi connectivity index (χ0v) is 19.6. The van der Waals surface area contributed by atoms with Gasteiger partial charge in [0.1, 0.15) is 8.07 Å². The third-order valence-electron chi connectivity index (χ3n) is 6.21. The molecular weight excluding hydrogens is 619 g/mol. The number of hydrogen-bond donors (Lipinski definition) is 0. The Hall–Kier alpha value is -1.25. The molecular formula is C16H15F21Si. The molecule has 230 valence electrons. The van der Waals surface area contributed by atoms with Crippen LogP contribution in [0.2, 0.25) is 18.1 Å². The van der Waals surface area contributed by atoms with E-state index in [1.54, 1.807) is 0 Å². The fourth-order valence-corrected chi connectivity index (χ4v) is 6.96. The summed E-state index contributed by atoms with van der Waals surface area (Å²) >= 11 is 0. The van der Waals surface area contributed by atoms with Crippen LogP contribution in [0.15, 0.2) is 0 Å². The maximum atomic E-state index is 14.5. The topological polar surface area (TPSA) is 0 Å². The summed E-state index contributed by atoms with van der Waals surface area (Å²) in [5, 5.41) is 0. The number of halogens is 21. The zero-order chi connectivity index (χ0) is 31.6. The van der Waals surface area contributed by atoms with E-state index in [2.05, 4.69) is 0 Å². The minimum absolute atomic E-state index is 0.631. The summed E-state index contributed by atoms with van der Waals surface area (Å²) in [4.78, 5) is 0. The Labute approximate surface area is 199 Å². The molecule has 0 nitrogen and oxygen atoms in total. The molecule has 0 aromatic carbocycles. The molecule has 22 heteroatoms. The van der Waals surface area contributed by atoms with Crippen molar-refractivity contribution in [1.29, 1.82) is 0 Å². The van der Waals surface area contributed by atoms with E-state index in [9.17, 15) is 92.2 Å². The normalized spacial score (nSPS) is 16.7. The van der Waals surface area contributed by atoms with Gasteiger partial charge >= 0.3 is 53.6 Å². The highest BCUT2D eigenvalue weighted by Crippen LogP contribution is 2.67. The molecule has 0 fully saturated rings. The highest BCUT2D eigenvalue weighted by molar-refractivity contribution is 6.82. The Morgan fingerprint density at radius 2 is 0.500 bits per heavy atom. The molecule has 0 heterocycles. The second-order valence-electron chi connectivity index (χ2n) is 8.01. The van der Waals surface area contributed by atoms with E-state index in [0.717, 1.165) is 0 Å². The van der Waals surface area contributed by atoms with Crippen molar-refractivity contribution in [1.82, 2.24) is 0 Å². The molecule has 0 atom stereocenters. The van der Waals surface area contributed by atoms with Gasteiger partial charge in [-0.3, -0.25) is 0 Å². The van der Waals surface area contributed by atoms with Crippen LogP contribution in [0.3, 0.4) is 0 Å². The van der Waals surface area contributed by atoms with Gasteiger partial charge in [-0.05, 0) is 0 Å². The van der Waals surface area contributed by atoms with Crippen LogP contribution in [0.25, 0.3) is 0 Å². The van der Waals surface area contributed by atoms with Crippen molar-refractivity contribution >= 4 is 8.07 Å². The maximum absolute atomic E-state index is 14.5. The van der Waals surface area contributed by atoms with E-state index >= 15 is 0 Å². The summed E-state index contributed by atoms with van der Waals surface area (Å²) in [6, 6.07) is -3.52. The van der Waals surface area contributed by atoms with Crippen molar-refractivity contribution in [2.24, 2.45) is 0 Å². The van der Waals surface area contributed by atoms with Gasteiger partial charge in [-0.15, -0.1) is 0 Å². The van der Waals surface area contributed by atoms with Gasteiger partial charge in [-0.2, -0.15) is 83.4 Å². The summed E-state index contributed by atoms with van der Waals surface area (Å²) in [5.74, 6) is -69.8. The minimum atomic E-state index is -9.13. The molecule has 0 aliphatic rings. The van der Waals surface area contributed by atoms with Crippen molar-refractivity contribution in [2.75, 3.05) is 0 Å². The lowest BCUT2D eigenvalue weighted by Crippen LogP contribution is -2.78. The summed E-state index contributed by atoms with van der Waals surface area (Å²) in [7, 11) is -5.31. The highest BCUT2D eigenvalue weighted by atomic mass is 28.3. The van der Waals surface area contributed by atoms with E-state index in [0.29, 0.717) is 20.8 Å². The zero-order valence-electron chi connectivity index (χ0n) is 18.6. The van der Waals surface area contributed by atoms with Crippen LogP contribution in [0.4, 0.5) is 92.2 Å². The van der Waals surface area contributed by atoms with Crippen molar-refractivity contribution < 1.29 is 92.2 Å². The Balaban J connectivity index is 7.28. The van der Waals surface area contributed by atoms with Crippen LogP contribution in [-0.2, 0) is 0 Å². The van der Waals surface area contributed by atoms with E-state index in [1.807, 2.05) is 0 Å². The summed E-state index contributed by atoms with van der Waals surface area (Å²) < 4.78 is 283. The van der Waals surface area contributed by atoms with Gasteiger partial charge in [0.2, 0.25) is 0 Å². The number of alkyl halides is 21. The smallest absolute Gasteiger partial charge is 0.205 e. The molecule has 0 rings (SSSR count). The fourth-order valence-electron chi connectivity index (χ4n) is 3.31. The van der Waals surface area contributed by atoms with Crippen LogP contribution >= 0.6 is 0 Å². The van der Waals surface area contributed by atoms with Crippen molar-refractivity contribution in [3.8, 4) is 0 Å². The molecule has 0 aromatic heterocycles. The Morgan fingerprint density at radius 1 is 0.316 bits per heavy atom. The lowest BCUT2D eigenvalue weighted by Gasteiger charge is -2.47. The standard InChI is InChI=1S/C16H15F21Si/c1-4-38(5-2,6-3)16(36,37)14(31,32)12(27,28)10(23,24)8(19,20)7(17,18)9(21,22)11(25,26)13(29,30)15(33,34)35/h4-6H2,1-3H3. The largest absolute Gasteiger partial charge is 0.460 e. The molecule has 0 N–H and O–H groups in total. The Bertz CT molecular complexity index is 778. The van der Waals surface area contributed by atoms with E-state index in [-0.39, 0.29) is 0 Å². The molecule has 0 bridgehead atoms. The van der Waals surface area contributed by atoms with Gasteiger partial charge in [-0.25, -0.2) is 8.78 Å². The van der Waals surface area contributed by atoms with Gasteiger partial charge in [-0.1, -0.05) is 38.9 Å². The minimum Gasteiger partial charge on any atom is -0.205 e. The predicted molar refractivity (Wildman–Crippen MR) is 87.8 cm³/mol. The third kappa shape index (κ3) is 4.14. The second-order valence-corrected chi connectivity index (χ2v) is 13.3. The van der Waals surface area contributed by atoms with Crippen LogP contribution in [0, 0.1) is 0 Å². The van der Waals surface area contributed by atoms with Gasteiger partial charge in [0.15, 0.2) is 0 Å². The van der Waals surface area contributed by atoms with Crippen molar-refractivity contribution in [2.45, 2.75) is 98.0 Å². The first-order chi connectivity index (χ1) is 16.2. The van der Waals surface area contributed by atoms with E-state index in [4.69, 9.17) is 0 Å². The van der Waals surface area contributed by atoms with E-state index < -0.39 is 85.3 Å². The second kappa shape index (κ2) is 9.40. The summed E-state index contributed by atoms with van der Waals surface area (Å²) in [5.41, 5.74) is -6.42. The quantitative estimate of drug-likeness (QED) is 0.148. The van der Waals surface area contributed by atoms with Crippen LogP contribution in [0.1, 0.15) is 20.8 Å². The van der Waals surface area contributed by atoms with Crippen LogP contribution < -0.4 is 0 Å². The Kier molecular flexibility index (Phi) is 9.09. The molecule has 0 aliphatic heterocycles. The molecule has 38 heavy (non-hydrogen) atoms. The van der Waals surface area contributed by atoms with Crippen molar-refractivity contribution in [3.05, 3.63) is 0 Å². The van der Waals surface area contributed by atoms with Crippen LogP contribution in [-0.4, -0.2) is 67.2 Å². The van der Waals surface area contributed by atoms with Crippen molar-refractivity contribution in [3.63, 3.8) is 0 Å². The number of rotatable bonds is 12. The fraction of sp³-hybridized carbons (Fsp3) is 1.00. The highest BCUT2D eigenvalue weighted by Gasteiger charge is 2.98. The first-order valence-corrected chi connectivity index (χ1v) is 12.3. The average molecular weight is 634 g/mol. The summed E-state index contributed by atoms with van der Waals surface area (Å²) in [6.07, 6.45) is -7.98. The van der Waals surface area contributed by atoms with E-state index in [1.165, 1.54) is 0 Å². The first-order valence-electron chi connectivity index (χ1n) is 9.65. The lowest BCUT2D eigenvalue weighted by atomic mass is 9.87. The third-order valence-corrected chi connectivity index (χ3v) is 11.9. The molecule has 0 amide bonds. The average Bonchev–Trinajstić information content (AvgIpc) is 2.73. The molecule has 0 unspecified atom stereocenters. The molecule has 0 radical (unpaired) electrons. The summed E-state index contributed by atoms with van der Waals surface area (Å²) in [6.45, 7) is 1.89. The van der Waals surface area contributed by atoms with Gasteiger partial charge in [0, 0.05) is 0 Å². The SMILES string of the molecule is CC[Si](CC)(CC)C(F)(F)C(F)(F)C(F)(F)C(F)(F)C(F)(F)C(F)(F)C(F)(F)C(F)(F)C(F)(F)C(F)(F)F. The van der Waals surface area contributed by atoms with Gasteiger partial charge < -0.3 is 0 Å². The predicted octanol–water partition coefficient (Wildman–Crippen LogP) is 9.31. The first kappa shape index (κ1) is 36.7.